The molecule has 1 aromatic heterocycles. The molecule has 0 aliphatic carbocycles. The van der Waals surface area contributed by atoms with Crippen LogP contribution >= 0.6 is 0 Å². The molecule has 6 heteroatoms. The average Bonchev–Trinajstić information content (AvgIpc) is 2.87. The molecule has 0 bridgehead atoms. The summed E-state index contributed by atoms with van der Waals surface area (Å²) in [7, 11) is 1.77. The first kappa shape index (κ1) is 13.6. The quantitative estimate of drug-likeness (QED) is 0.668. The predicted octanol–water partition coefficient (Wildman–Crippen LogP) is 2.66. The number of rotatable bonds is 4. The topological polar surface area (TPSA) is 71.3 Å². The monoisotopic (exact) mass is 264 g/mol. The van der Waals surface area contributed by atoms with Gasteiger partial charge in [0.05, 0.1) is 4.92 Å². The fourth-order valence-electron chi connectivity index (χ4n) is 2.68. The Kier molecular flexibility index (Phi) is 3.87. The number of aromatic nitrogens is 1. The molecule has 0 amide bonds. The Morgan fingerprint density at radius 2 is 2.26 bits per heavy atom. The van der Waals surface area contributed by atoms with Gasteiger partial charge in [-0.2, -0.15) is 0 Å². The first-order chi connectivity index (χ1) is 9.04. The average molecular weight is 264 g/mol. The molecule has 0 radical (unpaired) electrons. The van der Waals surface area contributed by atoms with Gasteiger partial charge in [0.15, 0.2) is 0 Å². The van der Waals surface area contributed by atoms with Crippen LogP contribution in [0.3, 0.4) is 0 Å². The smallest absolute Gasteiger partial charge is 0.311 e. The fraction of sp³-hybridized carbons (Fsp3) is 0.615. The molecule has 1 aliphatic heterocycles. The molecule has 1 atom stereocenters. The summed E-state index contributed by atoms with van der Waals surface area (Å²) >= 11 is 0. The molecule has 1 fully saturated rings. The maximum absolute atomic E-state index is 11.2. The minimum absolute atomic E-state index is 0.0894. The summed E-state index contributed by atoms with van der Waals surface area (Å²) in [5.41, 5.74) is 0.0894. The molecule has 1 saturated heterocycles. The number of hydrogen-bond acceptors (Lipinski definition) is 5. The van der Waals surface area contributed by atoms with Crippen molar-refractivity contribution in [2.75, 3.05) is 23.8 Å². The van der Waals surface area contributed by atoms with Gasteiger partial charge >= 0.3 is 5.69 Å². The summed E-state index contributed by atoms with van der Waals surface area (Å²) in [4.78, 5) is 17.3. The molecule has 6 nitrogen and oxygen atoms in total. The zero-order valence-corrected chi connectivity index (χ0v) is 11.6. The van der Waals surface area contributed by atoms with Gasteiger partial charge in [-0.15, -0.1) is 0 Å². The van der Waals surface area contributed by atoms with Crippen LogP contribution in [0.15, 0.2) is 12.1 Å². The molecule has 0 spiro atoms. The SMILES string of the molecule is CNc1ccc([N+](=O)[O-])c(N2CCCC2C(C)C)n1. The Morgan fingerprint density at radius 1 is 1.53 bits per heavy atom. The zero-order valence-electron chi connectivity index (χ0n) is 11.6. The molecule has 2 heterocycles. The standard InChI is InChI=1S/C13H20N4O2/c1-9(2)10-5-4-8-16(10)13-11(17(18)19)6-7-12(14-3)15-13/h6-7,9-10H,4-5,8H2,1-3H3,(H,14,15). The predicted molar refractivity (Wildman–Crippen MR) is 75.6 cm³/mol. The van der Waals surface area contributed by atoms with Gasteiger partial charge in [-0.25, -0.2) is 4.98 Å². The van der Waals surface area contributed by atoms with Crippen LogP contribution in [-0.4, -0.2) is 29.5 Å². The lowest BCUT2D eigenvalue weighted by Gasteiger charge is -2.28. The van der Waals surface area contributed by atoms with Crippen LogP contribution in [0.5, 0.6) is 0 Å². The van der Waals surface area contributed by atoms with E-state index in [1.165, 1.54) is 6.07 Å². The van der Waals surface area contributed by atoms with Crippen molar-refractivity contribution >= 4 is 17.3 Å². The Bertz CT molecular complexity index is 476. The van der Waals surface area contributed by atoms with Crippen LogP contribution < -0.4 is 10.2 Å². The number of pyridine rings is 1. The highest BCUT2D eigenvalue weighted by Crippen LogP contribution is 2.35. The highest BCUT2D eigenvalue weighted by atomic mass is 16.6. The first-order valence-corrected chi connectivity index (χ1v) is 6.64. The molecule has 1 aliphatic rings. The lowest BCUT2D eigenvalue weighted by atomic mass is 10.0. The van der Waals surface area contributed by atoms with Crippen LogP contribution in [0.25, 0.3) is 0 Å². The number of nitro groups is 1. The van der Waals surface area contributed by atoms with Crippen molar-refractivity contribution in [2.24, 2.45) is 5.92 Å². The molecular formula is C13H20N4O2. The van der Waals surface area contributed by atoms with Crippen LogP contribution in [0.1, 0.15) is 26.7 Å². The van der Waals surface area contributed by atoms with Crippen molar-refractivity contribution in [1.82, 2.24) is 4.98 Å². The van der Waals surface area contributed by atoms with E-state index in [0.717, 1.165) is 19.4 Å². The highest BCUT2D eigenvalue weighted by molar-refractivity contribution is 5.62. The Hall–Kier alpha value is -1.85. The van der Waals surface area contributed by atoms with E-state index in [2.05, 4.69) is 29.0 Å². The van der Waals surface area contributed by atoms with Gasteiger partial charge < -0.3 is 10.2 Å². The molecule has 19 heavy (non-hydrogen) atoms. The van der Waals surface area contributed by atoms with Gasteiger partial charge in [0.1, 0.15) is 5.82 Å². The van der Waals surface area contributed by atoms with Gasteiger partial charge in [-0.1, -0.05) is 13.8 Å². The van der Waals surface area contributed by atoms with E-state index in [9.17, 15) is 10.1 Å². The van der Waals surface area contributed by atoms with Gasteiger partial charge in [-0.05, 0) is 24.8 Å². The normalized spacial score (nSPS) is 18.9. The molecule has 2 rings (SSSR count). The van der Waals surface area contributed by atoms with Crippen molar-refractivity contribution < 1.29 is 4.92 Å². The van der Waals surface area contributed by atoms with E-state index in [4.69, 9.17) is 0 Å². The summed E-state index contributed by atoms with van der Waals surface area (Å²) < 4.78 is 0. The second-order valence-corrected chi connectivity index (χ2v) is 5.19. The van der Waals surface area contributed by atoms with Crippen molar-refractivity contribution in [3.05, 3.63) is 22.2 Å². The van der Waals surface area contributed by atoms with E-state index in [1.807, 2.05) is 0 Å². The van der Waals surface area contributed by atoms with Crippen LogP contribution in [0.4, 0.5) is 17.3 Å². The van der Waals surface area contributed by atoms with Crippen molar-refractivity contribution in [3.63, 3.8) is 0 Å². The molecule has 1 unspecified atom stereocenters. The molecule has 1 N–H and O–H groups in total. The molecule has 0 saturated carbocycles. The molecule has 1 aromatic rings. The van der Waals surface area contributed by atoms with Crippen molar-refractivity contribution in [1.29, 1.82) is 0 Å². The Labute approximate surface area is 113 Å². The summed E-state index contributed by atoms with van der Waals surface area (Å²) in [5, 5.41) is 14.1. The third kappa shape index (κ3) is 2.62. The fourth-order valence-corrected chi connectivity index (χ4v) is 2.68. The van der Waals surface area contributed by atoms with E-state index in [1.54, 1.807) is 13.1 Å². The van der Waals surface area contributed by atoms with Crippen molar-refractivity contribution in [2.45, 2.75) is 32.7 Å². The maximum Gasteiger partial charge on any atom is 0.311 e. The number of nitrogens with one attached hydrogen (secondary N) is 1. The van der Waals surface area contributed by atoms with E-state index >= 15 is 0 Å². The van der Waals surface area contributed by atoms with Gasteiger partial charge in [-0.3, -0.25) is 10.1 Å². The van der Waals surface area contributed by atoms with E-state index in [-0.39, 0.29) is 10.6 Å². The van der Waals surface area contributed by atoms with Crippen LogP contribution in [-0.2, 0) is 0 Å². The second-order valence-electron chi connectivity index (χ2n) is 5.19. The first-order valence-electron chi connectivity index (χ1n) is 6.64. The van der Waals surface area contributed by atoms with E-state index in [0.29, 0.717) is 23.6 Å². The lowest BCUT2D eigenvalue weighted by molar-refractivity contribution is -0.384. The Morgan fingerprint density at radius 3 is 2.84 bits per heavy atom. The molecular weight excluding hydrogens is 244 g/mol. The zero-order chi connectivity index (χ0) is 14.0. The van der Waals surface area contributed by atoms with Crippen LogP contribution in [0.2, 0.25) is 0 Å². The minimum Gasteiger partial charge on any atom is -0.373 e. The third-order valence-corrected chi connectivity index (χ3v) is 3.65. The summed E-state index contributed by atoms with van der Waals surface area (Å²) in [6.45, 7) is 5.14. The van der Waals surface area contributed by atoms with Gasteiger partial charge in [0.25, 0.3) is 0 Å². The van der Waals surface area contributed by atoms with Crippen LogP contribution in [0, 0.1) is 16.0 Å². The van der Waals surface area contributed by atoms with E-state index < -0.39 is 0 Å². The third-order valence-electron chi connectivity index (χ3n) is 3.65. The number of hydrogen-bond donors (Lipinski definition) is 1. The van der Waals surface area contributed by atoms with Gasteiger partial charge in [0.2, 0.25) is 5.82 Å². The second kappa shape index (κ2) is 5.42. The largest absolute Gasteiger partial charge is 0.373 e. The number of nitrogens with zero attached hydrogens (tertiary/aromatic N) is 3. The molecule has 0 aromatic carbocycles. The summed E-state index contributed by atoms with van der Waals surface area (Å²) in [6, 6.07) is 3.50. The van der Waals surface area contributed by atoms with Gasteiger partial charge in [0, 0.05) is 25.7 Å². The molecule has 104 valence electrons. The minimum atomic E-state index is -0.350. The lowest BCUT2D eigenvalue weighted by Crippen LogP contribution is -2.34. The highest BCUT2D eigenvalue weighted by Gasteiger charge is 2.32. The summed E-state index contributed by atoms with van der Waals surface area (Å²) in [5.74, 6) is 1.62. The Balaban J connectivity index is 2.43. The summed E-state index contributed by atoms with van der Waals surface area (Å²) in [6.07, 6.45) is 2.13. The van der Waals surface area contributed by atoms with Crippen molar-refractivity contribution in [3.8, 4) is 0 Å². The number of anilines is 2. The maximum atomic E-state index is 11.2.